The molecule has 4 heteroatoms. The van der Waals surface area contributed by atoms with Gasteiger partial charge < -0.3 is 10.2 Å². The molecule has 62 valence electrons. The maximum atomic E-state index is 10.3. The van der Waals surface area contributed by atoms with Gasteiger partial charge in [0.2, 0.25) is 12.8 Å². The van der Waals surface area contributed by atoms with Crippen molar-refractivity contribution in [2.24, 2.45) is 5.92 Å². The zero-order valence-electron chi connectivity index (χ0n) is 6.32. The highest BCUT2D eigenvalue weighted by Crippen LogP contribution is 2.12. The van der Waals surface area contributed by atoms with Crippen molar-refractivity contribution < 1.29 is 9.59 Å². The van der Waals surface area contributed by atoms with E-state index < -0.39 is 0 Å². The molecule has 1 aliphatic heterocycles. The van der Waals surface area contributed by atoms with Crippen LogP contribution in [0.1, 0.15) is 6.42 Å². The van der Waals surface area contributed by atoms with Crippen LogP contribution >= 0.6 is 0 Å². The second-order valence-electron chi connectivity index (χ2n) is 2.78. The minimum Gasteiger partial charge on any atom is -0.358 e. The van der Waals surface area contributed by atoms with E-state index in [1.165, 1.54) is 0 Å². The van der Waals surface area contributed by atoms with E-state index in [1.54, 1.807) is 4.90 Å². The number of nitrogens with one attached hydrogen (secondary N) is 1. The average molecular weight is 156 g/mol. The van der Waals surface area contributed by atoms with Gasteiger partial charge in [-0.1, -0.05) is 0 Å². The van der Waals surface area contributed by atoms with Gasteiger partial charge in [0.1, 0.15) is 0 Å². The van der Waals surface area contributed by atoms with E-state index in [9.17, 15) is 9.59 Å². The molecule has 11 heavy (non-hydrogen) atoms. The van der Waals surface area contributed by atoms with Gasteiger partial charge in [0.25, 0.3) is 0 Å². The summed E-state index contributed by atoms with van der Waals surface area (Å²) in [6.07, 6.45) is 2.56. The quantitative estimate of drug-likeness (QED) is 0.542. The highest BCUT2D eigenvalue weighted by atomic mass is 16.1. The minimum atomic E-state index is 0.449. The van der Waals surface area contributed by atoms with E-state index >= 15 is 0 Å². The molecule has 4 nitrogen and oxygen atoms in total. The molecule has 0 spiro atoms. The number of likely N-dealkylation sites (tertiary alicyclic amines) is 1. The van der Waals surface area contributed by atoms with E-state index in [4.69, 9.17) is 0 Å². The fourth-order valence-corrected chi connectivity index (χ4v) is 1.34. The summed E-state index contributed by atoms with van der Waals surface area (Å²) in [5.74, 6) is 0.449. The smallest absolute Gasteiger partial charge is 0.209 e. The van der Waals surface area contributed by atoms with Gasteiger partial charge in [-0.25, -0.2) is 0 Å². The third kappa shape index (κ3) is 2.22. The highest BCUT2D eigenvalue weighted by Gasteiger charge is 2.20. The van der Waals surface area contributed by atoms with Gasteiger partial charge in [-0.05, 0) is 12.3 Å². The third-order valence-electron chi connectivity index (χ3n) is 1.96. The Morgan fingerprint density at radius 1 is 1.55 bits per heavy atom. The first-order valence-corrected chi connectivity index (χ1v) is 3.73. The van der Waals surface area contributed by atoms with Crippen LogP contribution < -0.4 is 5.32 Å². The van der Waals surface area contributed by atoms with Crippen LogP contribution in [0.15, 0.2) is 0 Å². The molecule has 0 bridgehead atoms. The Balaban J connectivity index is 2.18. The molecule has 2 amide bonds. The largest absolute Gasteiger partial charge is 0.358 e. The monoisotopic (exact) mass is 156 g/mol. The average Bonchev–Trinajstić information content (AvgIpc) is 2.48. The molecule has 0 saturated carbocycles. The van der Waals surface area contributed by atoms with Crippen LogP contribution in [0, 0.1) is 5.92 Å². The van der Waals surface area contributed by atoms with Crippen molar-refractivity contribution in [3.05, 3.63) is 0 Å². The van der Waals surface area contributed by atoms with E-state index in [2.05, 4.69) is 5.32 Å². The number of hydrogen-bond donors (Lipinski definition) is 1. The predicted octanol–water partition coefficient (Wildman–Crippen LogP) is -0.789. The van der Waals surface area contributed by atoms with Gasteiger partial charge in [0.05, 0.1) is 0 Å². The molecule has 1 saturated heterocycles. The fourth-order valence-electron chi connectivity index (χ4n) is 1.34. The molecule has 1 atom stereocenters. The van der Waals surface area contributed by atoms with Crippen LogP contribution in [0.25, 0.3) is 0 Å². The maximum Gasteiger partial charge on any atom is 0.209 e. The van der Waals surface area contributed by atoms with Gasteiger partial charge in [-0.2, -0.15) is 0 Å². The summed E-state index contributed by atoms with van der Waals surface area (Å²) < 4.78 is 0. The molecule has 0 aliphatic carbocycles. The molecule has 1 heterocycles. The molecule has 0 unspecified atom stereocenters. The molecule has 1 rings (SSSR count). The second kappa shape index (κ2) is 3.95. The predicted molar refractivity (Wildman–Crippen MR) is 39.8 cm³/mol. The summed E-state index contributed by atoms with van der Waals surface area (Å²) in [5.41, 5.74) is 0. The molecule has 0 aromatic heterocycles. The molecule has 1 aliphatic rings. The minimum absolute atomic E-state index is 0.449. The van der Waals surface area contributed by atoms with Crippen molar-refractivity contribution in [1.29, 1.82) is 0 Å². The first-order valence-electron chi connectivity index (χ1n) is 3.73. The Kier molecular flexibility index (Phi) is 2.89. The highest BCUT2D eigenvalue weighted by molar-refractivity contribution is 5.48. The fraction of sp³-hybridized carbons (Fsp3) is 0.714. The van der Waals surface area contributed by atoms with Crippen molar-refractivity contribution >= 4 is 12.8 Å². The van der Waals surface area contributed by atoms with Gasteiger partial charge in [0, 0.05) is 19.6 Å². The lowest BCUT2D eigenvalue weighted by molar-refractivity contribution is -0.117. The van der Waals surface area contributed by atoms with E-state index in [-0.39, 0.29) is 0 Å². The number of rotatable bonds is 4. The maximum absolute atomic E-state index is 10.3. The topological polar surface area (TPSA) is 49.4 Å². The Labute approximate surface area is 65.6 Å². The first-order chi connectivity index (χ1) is 5.36. The Bertz CT molecular complexity index is 149. The molecule has 1 fully saturated rings. The van der Waals surface area contributed by atoms with Crippen molar-refractivity contribution in [2.45, 2.75) is 6.42 Å². The number of carbonyl (C=O) groups excluding carboxylic acids is 2. The third-order valence-corrected chi connectivity index (χ3v) is 1.96. The van der Waals surface area contributed by atoms with Gasteiger partial charge in [0.15, 0.2) is 0 Å². The molecule has 1 N–H and O–H groups in total. The van der Waals surface area contributed by atoms with Crippen LogP contribution in [0.4, 0.5) is 0 Å². The Morgan fingerprint density at radius 3 is 2.91 bits per heavy atom. The standard InChI is InChI=1S/C7H12N2O2/c10-5-8-3-7-1-2-9(4-7)6-11/h5-7H,1-4H2,(H,8,10)/t7-/m0/s1. The van der Waals surface area contributed by atoms with Crippen LogP contribution in [0.5, 0.6) is 0 Å². The number of amides is 2. The lowest BCUT2D eigenvalue weighted by Crippen LogP contribution is -2.24. The van der Waals surface area contributed by atoms with Crippen LogP contribution in [0.2, 0.25) is 0 Å². The Morgan fingerprint density at radius 2 is 2.36 bits per heavy atom. The second-order valence-corrected chi connectivity index (χ2v) is 2.78. The van der Waals surface area contributed by atoms with Gasteiger partial charge >= 0.3 is 0 Å². The summed E-state index contributed by atoms with van der Waals surface area (Å²) >= 11 is 0. The molecular formula is C7H12N2O2. The van der Waals surface area contributed by atoms with Crippen molar-refractivity contribution in [3.8, 4) is 0 Å². The van der Waals surface area contributed by atoms with Crippen LogP contribution in [-0.4, -0.2) is 37.4 Å². The Hall–Kier alpha value is -1.06. The molecule has 0 aromatic carbocycles. The lowest BCUT2D eigenvalue weighted by atomic mass is 10.1. The molecule has 0 aromatic rings. The first kappa shape index (κ1) is 8.04. The van der Waals surface area contributed by atoms with Crippen LogP contribution in [0.3, 0.4) is 0 Å². The zero-order chi connectivity index (χ0) is 8.10. The van der Waals surface area contributed by atoms with Gasteiger partial charge in [-0.15, -0.1) is 0 Å². The van der Waals surface area contributed by atoms with Gasteiger partial charge in [-0.3, -0.25) is 9.59 Å². The van der Waals surface area contributed by atoms with E-state index in [1.807, 2.05) is 0 Å². The summed E-state index contributed by atoms with van der Waals surface area (Å²) in [5, 5.41) is 2.61. The van der Waals surface area contributed by atoms with Crippen LogP contribution in [-0.2, 0) is 9.59 Å². The number of carbonyl (C=O) groups is 2. The summed E-state index contributed by atoms with van der Waals surface area (Å²) in [4.78, 5) is 21.9. The number of nitrogens with zero attached hydrogens (tertiary/aromatic N) is 1. The summed E-state index contributed by atoms with van der Waals surface area (Å²) in [7, 11) is 0. The van der Waals surface area contributed by atoms with Crippen molar-refractivity contribution in [1.82, 2.24) is 10.2 Å². The summed E-state index contributed by atoms with van der Waals surface area (Å²) in [6, 6.07) is 0. The normalized spacial score (nSPS) is 23.3. The number of hydrogen-bond acceptors (Lipinski definition) is 2. The van der Waals surface area contributed by atoms with Crippen molar-refractivity contribution in [3.63, 3.8) is 0 Å². The molecule has 0 radical (unpaired) electrons. The molecular weight excluding hydrogens is 144 g/mol. The SMILES string of the molecule is O=CNC[C@@H]1CCN(C=O)C1. The van der Waals surface area contributed by atoms with E-state index in [0.29, 0.717) is 18.9 Å². The van der Waals surface area contributed by atoms with E-state index in [0.717, 1.165) is 25.9 Å². The summed E-state index contributed by atoms with van der Waals surface area (Å²) in [6.45, 7) is 2.30. The zero-order valence-corrected chi connectivity index (χ0v) is 6.32. The van der Waals surface area contributed by atoms with Crippen molar-refractivity contribution in [2.75, 3.05) is 19.6 Å². The lowest BCUT2D eigenvalue weighted by Gasteiger charge is -2.08.